The van der Waals surface area contributed by atoms with Crippen molar-refractivity contribution < 1.29 is 10.2 Å². The predicted octanol–water partition coefficient (Wildman–Crippen LogP) is 2.76. The molecular formula is C16H22O2. The highest BCUT2D eigenvalue weighted by molar-refractivity contribution is 5.24. The maximum atomic E-state index is 10.2. The Hall–Kier alpha value is -1.56. The van der Waals surface area contributed by atoms with Gasteiger partial charge in [0, 0.05) is 25.7 Å². The largest absolute Gasteiger partial charge is 0.377 e. The van der Waals surface area contributed by atoms with Crippen LogP contribution in [0.15, 0.2) is 50.6 Å². The normalized spacial score (nSPS) is 11.0. The van der Waals surface area contributed by atoms with E-state index in [2.05, 4.69) is 38.2 Å². The Morgan fingerprint density at radius 1 is 0.667 bits per heavy atom. The molecule has 0 amide bonds. The molecule has 0 atom stereocenters. The Kier molecular flexibility index (Phi) is 7.04. The van der Waals surface area contributed by atoms with Crippen LogP contribution in [0, 0.1) is 11.8 Å². The van der Waals surface area contributed by atoms with Crippen molar-refractivity contribution in [1.29, 1.82) is 0 Å². The smallest absolute Gasteiger partial charge is 0.132 e. The van der Waals surface area contributed by atoms with Crippen molar-refractivity contribution in [1.82, 2.24) is 0 Å². The molecule has 0 aromatic heterocycles. The van der Waals surface area contributed by atoms with Crippen molar-refractivity contribution in [3.05, 3.63) is 50.6 Å². The molecule has 0 spiro atoms. The Labute approximate surface area is 110 Å². The summed E-state index contributed by atoms with van der Waals surface area (Å²) < 4.78 is 0. The Bertz CT molecular complexity index is 314. The summed E-state index contributed by atoms with van der Waals surface area (Å²) in [6.07, 6.45) is 7.68. The minimum atomic E-state index is -1.22. The van der Waals surface area contributed by atoms with Gasteiger partial charge >= 0.3 is 0 Å². The van der Waals surface area contributed by atoms with Crippen LogP contribution in [-0.2, 0) is 0 Å². The monoisotopic (exact) mass is 246 g/mol. The van der Waals surface area contributed by atoms with Crippen LogP contribution in [0.1, 0.15) is 25.7 Å². The summed E-state index contributed by atoms with van der Waals surface area (Å²) in [5.41, 5.74) is -2.44. The Morgan fingerprint density at radius 3 is 1.06 bits per heavy atom. The third kappa shape index (κ3) is 5.67. The van der Waals surface area contributed by atoms with Crippen LogP contribution in [0.5, 0.6) is 0 Å². The van der Waals surface area contributed by atoms with Gasteiger partial charge < -0.3 is 10.2 Å². The fourth-order valence-electron chi connectivity index (χ4n) is 1.56. The lowest BCUT2D eigenvalue weighted by Crippen LogP contribution is -2.29. The molecule has 18 heavy (non-hydrogen) atoms. The highest BCUT2D eigenvalue weighted by atomic mass is 16.3. The van der Waals surface area contributed by atoms with Crippen molar-refractivity contribution in [3.63, 3.8) is 0 Å². The third-order valence-corrected chi connectivity index (χ3v) is 2.46. The van der Waals surface area contributed by atoms with E-state index in [1.165, 1.54) is 0 Å². The summed E-state index contributed by atoms with van der Waals surface area (Å²) in [5.74, 6) is 5.45. The summed E-state index contributed by atoms with van der Waals surface area (Å²) in [5, 5.41) is 20.5. The van der Waals surface area contributed by atoms with Crippen LogP contribution in [-0.4, -0.2) is 21.4 Å². The first kappa shape index (κ1) is 16.4. The highest BCUT2D eigenvalue weighted by Gasteiger charge is 2.24. The van der Waals surface area contributed by atoms with E-state index in [1.54, 1.807) is 24.3 Å². The van der Waals surface area contributed by atoms with Gasteiger partial charge in [0.1, 0.15) is 11.2 Å². The lowest BCUT2D eigenvalue weighted by Gasteiger charge is -2.22. The lowest BCUT2D eigenvalue weighted by atomic mass is 9.91. The standard InChI is InChI=1S/C16H22O2/c1-5-9-15(17,10-6-2)13-14-16(18,11-7-3)12-8-4/h5-8,17-18H,1-4,9-12H2. The molecule has 2 heteroatoms. The van der Waals surface area contributed by atoms with E-state index in [0.29, 0.717) is 25.7 Å². The van der Waals surface area contributed by atoms with Crippen LogP contribution < -0.4 is 0 Å². The van der Waals surface area contributed by atoms with Gasteiger partial charge in [0.2, 0.25) is 0 Å². The van der Waals surface area contributed by atoms with Crippen molar-refractivity contribution in [3.8, 4) is 11.8 Å². The van der Waals surface area contributed by atoms with Gasteiger partial charge in [-0.2, -0.15) is 0 Å². The molecule has 0 aromatic rings. The number of rotatable bonds is 8. The van der Waals surface area contributed by atoms with Crippen LogP contribution in [0.3, 0.4) is 0 Å². The number of aliphatic hydroxyl groups is 2. The second kappa shape index (κ2) is 7.71. The van der Waals surface area contributed by atoms with Crippen LogP contribution in [0.25, 0.3) is 0 Å². The summed E-state index contributed by atoms with van der Waals surface area (Å²) in [7, 11) is 0. The van der Waals surface area contributed by atoms with E-state index >= 15 is 0 Å². The molecule has 0 heterocycles. The quantitative estimate of drug-likeness (QED) is 0.510. The van der Waals surface area contributed by atoms with Gasteiger partial charge in [-0.3, -0.25) is 0 Å². The molecule has 0 aliphatic rings. The van der Waals surface area contributed by atoms with Gasteiger partial charge in [-0.05, 0) is 0 Å². The molecule has 0 aromatic carbocycles. The maximum Gasteiger partial charge on any atom is 0.132 e. The molecule has 0 aliphatic heterocycles. The second-order valence-electron chi connectivity index (χ2n) is 4.28. The maximum absolute atomic E-state index is 10.2. The first-order valence-electron chi connectivity index (χ1n) is 5.88. The van der Waals surface area contributed by atoms with Gasteiger partial charge in [-0.15, -0.1) is 26.3 Å². The fourth-order valence-corrected chi connectivity index (χ4v) is 1.56. The van der Waals surface area contributed by atoms with Gasteiger partial charge in [0.15, 0.2) is 0 Å². The zero-order valence-corrected chi connectivity index (χ0v) is 10.9. The summed E-state index contributed by atoms with van der Waals surface area (Å²) in [4.78, 5) is 0. The molecular weight excluding hydrogens is 224 g/mol. The molecule has 0 bridgehead atoms. The van der Waals surface area contributed by atoms with E-state index in [1.807, 2.05) is 0 Å². The first-order chi connectivity index (χ1) is 8.45. The third-order valence-electron chi connectivity index (χ3n) is 2.46. The number of hydrogen-bond donors (Lipinski definition) is 2. The topological polar surface area (TPSA) is 40.5 Å². The summed E-state index contributed by atoms with van der Waals surface area (Å²) in [6, 6.07) is 0. The van der Waals surface area contributed by atoms with E-state index in [4.69, 9.17) is 0 Å². The van der Waals surface area contributed by atoms with E-state index in [9.17, 15) is 10.2 Å². The zero-order valence-electron chi connectivity index (χ0n) is 10.9. The average Bonchev–Trinajstić information content (AvgIpc) is 2.28. The van der Waals surface area contributed by atoms with Gasteiger partial charge in [0.25, 0.3) is 0 Å². The van der Waals surface area contributed by atoms with E-state index < -0.39 is 11.2 Å². The number of hydrogen-bond acceptors (Lipinski definition) is 2. The molecule has 0 fully saturated rings. The molecule has 0 unspecified atom stereocenters. The van der Waals surface area contributed by atoms with Crippen molar-refractivity contribution >= 4 is 0 Å². The minimum absolute atomic E-state index is 0.324. The average molecular weight is 246 g/mol. The molecule has 98 valence electrons. The van der Waals surface area contributed by atoms with E-state index in [-0.39, 0.29) is 0 Å². The zero-order chi connectivity index (χ0) is 14.1. The summed E-state index contributed by atoms with van der Waals surface area (Å²) >= 11 is 0. The highest BCUT2D eigenvalue weighted by Crippen LogP contribution is 2.19. The molecule has 0 saturated carbocycles. The van der Waals surface area contributed by atoms with Crippen molar-refractivity contribution in [2.75, 3.05) is 0 Å². The van der Waals surface area contributed by atoms with Crippen LogP contribution >= 0.6 is 0 Å². The first-order valence-corrected chi connectivity index (χ1v) is 5.88. The second-order valence-corrected chi connectivity index (χ2v) is 4.28. The van der Waals surface area contributed by atoms with E-state index in [0.717, 1.165) is 0 Å². The van der Waals surface area contributed by atoms with Gasteiger partial charge in [-0.25, -0.2) is 0 Å². The Morgan fingerprint density at radius 2 is 0.889 bits per heavy atom. The lowest BCUT2D eigenvalue weighted by molar-refractivity contribution is 0.0961. The molecule has 0 saturated heterocycles. The fraction of sp³-hybridized carbons (Fsp3) is 0.375. The molecule has 0 rings (SSSR count). The minimum Gasteiger partial charge on any atom is -0.377 e. The van der Waals surface area contributed by atoms with Crippen LogP contribution in [0.4, 0.5) is 0 Å². The molecule has 0 radical (unpaired) electrons. The molecule has 0 aliphatic carbocycles. The Balaban J connectivity index is 5.14. The molecule has 2 N–H and O–H groups in total. The van der Waals surface area contributed by atoms with Crippen LogP contribution in [0.2, 0.25) is 0 Å². The molecule has 2 nitrogen and oxygen atoms in total. The van der Waals surface area contributed by atoms with Crippen molar-refractivity contribution in [2.45, 2.75) is 36.9 Å². The van der Waals surface area contributed by atoms with Crippen molar-refractivity contribution in [2.24, 2.45) is 0 Å². The predicted molar refractivity (Wildman–Crippen MR) is 76.9 cm³/mol. The summed E-state index contributed by atoms with van der Waals surface area (Å²) in [6.45, 7) is 14.4. The van der Waals surface area contributed by atoms with Gasteiger partial charge in [0.05, 0.1) is 0 Å². The SMILES string of the molecule is C=CCC(O)(C#CC(O)(CC=C)CC=C)CC=C. The van der Waals surface area contributed by atoms with Gasteiger partial charge in [-0.1, -0.05) is 36.1 Å².